The summed E-state index contributed by atoms with van der Waals surface area (Å²) in [5.41, 5.74) is 0. The van der Waals surface area contributed by atoms with E-state index in [1.807, 2.05) is 24.3 Å². The van der Waals surface area contributed by atoms with Crippen LogP contribution in [0.5, 0.6) is 11.5 Å². The van der Waals surface area contributed by atoms with Gasteiger partial charge in [-0.25, -0.2) is 6.92 Å². The first-order valence-electron chi connectivity index (χ1n) is 3.62. The van der Waals surface area contributed by atoms with Crippen molar-refractivity contribution in [3.05, 3.63) is 43.5 Å². The van der Waals surface area contributed by atoms with E-state index in [9.17, 15) is 0 Å². The molecule has 13 heavy (non-hydrogen) atoms. The van der Waals surface area contributed by atoms with Crippen molar-refractivity contribution in [3.63, 3.8) is 0 Å². The Hall–Kier alpha value is -0.973. The summed E-state index contributed by atoms with van der Waals surface area (Å²) in [6, 6.07) is 7.34. The SMILES string of the molecule is [CH2-]/C=C/Oc1ccc(OC)cc1.[Li+]. The van der Waals surface area contributed by atoms with Gasteiger partial charge in [0.15, 0.2) is 0 Å². The van der Waals surface area contributed by atoms with Crippen LogP contribution >= 0.6 is 0 Å². The zero-order chi connectivity index (χ0) is 8.81. The predicted octanol–water partition coefficient (Wildman–Crippen LogP) is -0.574. The Kier molecular flexibility index (Phi) is 6.04. The molecule has 0 aromatic heterocycles. The quantitative estimate of drug-likeness (QED) is 0.343. The summed E-state index contributed by atoms with van der Waals surface area (Å²) in [5.74, 6) is 1.59. The van der Waals surface area contributed by atoms with Gasteiger partial charge in [-0.15, -0.1) is 0 Å². The molecule has 0 aliphatic carbocycles. The predicted molar refractivity (Wildman–Crippen MR) is 48.1 cm³/mol. The van der Waals surface area contributed by atoms with Crippen LogP contribution in [0.3, 0.4) is 0 Å². The molecule has 0 spiro atoms. The molecule has 0 fully saturated rings. The number of allylic oxidation sites excluding steroid dienone is 1. The third kappa shape index (κ3) is 3.98. The number of benzene rings is 1. The molecule has 0 bridgehead atoms. The third-order valence-electron chi connectivity index (χ3n) is 1.36. The van der Waals surface area contributed by atoms with Crippen LogP contribution in [0.25, 0.3) is 0 Å². The zero-order valence-electron chi connectivity index (χ0n) is 7.99. The molecule has 0 saturated carbocycles. The third-order valence-corrected chi connectivity index (χ3v) is 1.36. The fourth-order valence-electron chi connectivity index (χ4n) is 0.781. The fourth-order valence-corrected chi connectivity index (χ4v) is 0.781. The Morgan fingerprint density at radius 1 is 1.15 bits per heavy atom. The smallest absolute Gasteiger partial charge is 0.553 e. The first kappa shape index (κ1) is 12.0. The summed E-state index contributed by atoms with van der Waals surface area (Å²) in [7, 11) is 1.63. The molecule has 1 rings (SSSR count). The molecule has 3 heteroatoms. The molecule has 64 valence electrons. The van der Waals surface area contributed by atoms with Crippen LogP contribution in [-0.4, -0.2) is 7.11 Å². The minimum absolute atomic E-state index is 0. The summed E-state index contributed by atoms with van der Waals surface area (Å²) in [4.78, 5) is 0. The van der Waals surface area contributed by atoms with E-state index in [0.29, 0.717) is 0 Å². The standard InChI is InChI=1S/C10H11O2.Li/c1-3-8-12-10-6-4-9(11-2)5-7-10;/h3-8H,1H2,2H3;/q-1;+1/b8-3+;. The monoisotopic (exact) mass is 170 g/mol. The normalized spacial score (nSPS) is 9.31. The van der Waals surface area contributed by atoms with Crippen molar-refractivity contribution in [3.8, 4) is 11.5 Å². The van der Waals surface area contributed by atoms with E-state index in [0.717, 1.165) is 11.5 Å². The van der Waals surface area contributed by atoms with Crippen LogP contribution in [0.1, 0.15) is 0 Å². The van der Waals surface area contributed by atoms with Crippen molar-refractivity contribution in [1.29, 1.82) is 0 Å². The maximum absolute atomic E-state index is 5.16. The van der Waals surface area contributed by atoms with Gasteiger partial charge in [0, 0.05) is 0 Å². The second kappa shape index (κ2) is 6.53. The molecule has 0 N–H and O–H groups in total. The summed E-state index contributed by atoms with van der Waals surface area (Å²) < 4.78 is 10.1. The van der Waals surface area contributed by atoms with Crippen molar-refractivity contribution in [2.24, 2.45) is 0 Å². The Labute approximate surface area is 90.7 Å². The van der Waals surface area contributed by atoms with E-state index in [-0.39, 0.29) is 18.9 Å². The molecular weight excluding hydrogens is 159 g/mol. The summed E-state index contributed by atoms with van der Waals surface area (Å²) in [5, 5.41) is 0. The molecule has 0 unspecified atom stereocenters. The van der Waals surface area contributed by atoms with Gasteiger partial charge in [-0.2, -0.15) is 6.08 Å². The maximum Gasteiger partial charge on any atom is 1.00 e. The summed E-state index contributed by atoms with van der Waals surface area (Å²) in [6.45, 7) is 3.50. The van der Waals surface area contributed by atoms with Gasteiger partial charge in [0.1, 0.15) is 11.5 Å². The molecule has 0 aliphatic heterocycles. The van der Waals surface area contributed by atoms with Gasteiger partial charge in [0.25, 0.3) is 0 Å². The Morgan fingerprint density at radius 2 is 1.69 bits per heavy atom. The minimum Gasteiger partial charge on any atom is -0.553 e. The second-order valence-corrected chi connectivity index (χ2v) is 2.17. The van der Waals surface area contributed by atoms with E-state index < -0.39 is 0 Å². The van der Waals surface area contributed by atoms with Crippen molar-refractivity contribution >= 4 is 0 Å². The van der Waals surface area contributed by atoms with Crippen LogP contribution in [0.2, 0.25) is 0 Å². The molecule has 1 aromatic carbocycles. The number of ether oxygens (including phenoxy) is 2. The fraction of sp³-hybridized carbons (Fsp3) is 0.100. The van der Waals surface area contributed by atoms with Crippen LogP contribution in [-0.2, 0) is 0 Å². The summed E-state index contributed by atoms with van der Waals surface area (Å²) in [6.07, 6.45) is 3.12. The van der Waals surface area contributed by atoms with Crippen molar-refractivity contribution < 1.29 is 28.3 Å². The molecule has 0 atom stereocenters. The number of hydrogen-bond acceptors (Lipinski definition) is 2. The van der Waals surface area contributed by atoms with E-state index in [4.69, 9.17) is 9.47 Å². The minimum atomic E-state index is 0. The molecule has 0 radical (unpaired) electrons. The second-order valence-electron chi connectivity index (χ2n) is 2.17. The van der Waals surface area contributed by atoms with E-state index in [2.05, 4.69) is 6.92 Å². The average Bonchev–Trinajstić information content (AvgIpc) is 2.15. The zero-order valence-corrected chi connectivity index (χ0v) is 7.99. The van der Waals surface area contributed by atoms with E-state index in [1.165, 1.54) is 6.26 Å². The molecule has 2 nitrogen and oxygen atoms in total. The van der Waals surface area contributed by atoms with Crippen molar-refractivity contribution in [2.45, 2.75) is 0 Å². The maximum atomic E-state index is 5.16. The number of hydrogen-bond donors (Lipinski definition) is 0. The van der Waals surface area contributed by atoms with Crippen LogP contribution in [0, 0.1) is 6.92 Å². The molecule has 1 aromatic rings. The van der Waals surface area contributed by atoms with Crippen LogP contribution in [0.4, 0.5) is 0 Å². The largest absolute Gasteiger partial charge is 1.00 e. The Morgan fingerprint density at radius 3 is 2.15 bits per heavy atom. The Bertz CT molecular complexity index is 254. The molecule has 0 heterocycles. The van der Waals surface area contributed by atoms with E-state index >= 15 is 0 Å². The molecular formula is C10H11LiO2. The van der Waals surface area contributed by atoms with Gasteiger partial charge in [-0.05, 0) is 24.3 Å². The van der Waals surface area contributed by atoms with Crippen LogP contribution < -0.4 is 28.3 Å². The topological polar surface area (TPSA) is 18.5 Å². The first-order chi connectivity index (χ1) is 5.86. The van der Waals surface area contributed by atoms with Crippen molar-refractivity contribution in [2.75, 3.05) is 7.11 Å². The molecule has 0 amide bonds. The molecule has 0 saturated heterocycles. The number of methoxy groups -OCH3 is 1. The van der Waals surface area contributed by atoms with Gasteiger partial charge in [-0.1, -0.05) is 6.26 Å². The van der Waals surface area contributed by atoms with Gasteiger partial charge in [0.05, 0.1) is 7.11 Å². The van der Waals surface area contributed by atoms with Crippen molar-refractivity contribution in [1.82, 2.24) is 0 Å². The van der Waals surface area contributed by atoms with Gasteiger partial charge in [-0.3, -0.25) is 0 Å². The van der Waals surface area contributed by atoms with Gasteiger partial charge < -0.3 is 9.47 Å². The first-order valence-corrected chi connectivity index (χ1v) is 3.62. The van der Waals surface area contributed by atoms with Crippen LogP contribution in [0.15, 0.2) is 36.6 Å². The van der Waals surface area contributed by atoms with Gasteiger partial charge >= 0.3 is 18.9 Å². The molecule has 0 aliphatic rings. The van der Waals surface area contributed by atoms with Gasteiger partial charge in [0.2, 0.25) is 0 Å². The van der Waals surface area contributed by atoms with E-state index in [1.54, 1.807) is 13.2 Å². The average molecular weight is 170 g/mol. The summed E-state index contributed by atoms with van der Waals surface area (Å²) >= 11 is 0. The number of rotatable bonds is 3. The Balaban J connectivity index is 0.00000144.